The second-order valence-electron chi connectivity index (χ2n) is 6.03. The molecule has 0 aromatic heterocycles. The van der Waals surface area contributed by atoms with Crippen LogP contribution in [0.2, 0.25) is 0 Å². The molecule has 6 rings (SSSR count). The van der Waals surface area contributed by atoms with Crippen molar-refractivity contribution in [3.05, 3.63) is 0 Å². The molecule has 0 spiro atoms. The summed E-state index contributed by atoms with van der Waals surface area (Å²) in [5.41, 5.74) is 0. The van der Waals surface area contributed by atoms with E-state index in [0.29, 0.717) is 11.8 Å². The van der Waals surface area contributed by atoms with Gasteiger partial charge in [0.25, 0.3) is 0 Å². The summed E-state index contributed by atoms with van der Waals surface area (Å²) in [7, 11) is 0. The molecule has 16 heavy (non-hydrogen) atoms. The standard InChI is InChI=1S/C12H16O3S/c1-5(13)16-12-4-6-7(12)9-10(8(6)12)15-11(2,3)14-9/h6-10H,4H2,1-3H3/t6?,7-,8+,9+,10-,12?. The Bertz CT molecular complexity index is 370. The first kappa shape index (κ1) is 9.92. The molecule has 6 aliphatic rings. The highest BCUT2D eigenvalue weighted by molar-refractivity contribution is 8.14. The fourth-order valence-electron chi connectivity index (χ4n) is 4.49. The van der Waals surface area contributed by atoms with Gasteiger partial charge in [-0.05, 0) is 26.2 Å². The number of ether oxygens (including phenoxy) is 2. The lowest BCUT2D eigenvalue weighted by molar-refractivity contribution is -0.223. The van der Waals surface area contributed by atoms with Crippen molar-refractivity contribution in [2.75, 3.05) is 0 Å². The van der Waals surface area contributed by atoms with Gasteiger partial charge in [-0.15, -0.1) is 0 Å². The molecule has 0 amide bonds. The minimum Gasteiger partial charge on any atom is -0.344 e. The molecule has 0 aromatic rings. The van der Waals surface area contributed by atoms with Crippen LogP contribution in [0, 0.1) is 17.8 Å². The Labute approximate surface area is 99.2 Å². The summed E-state index contributed by atoms with van der Waals surface area (Å²) in [6.45, 7) is 5.65. The van der Waals surface area contributed by atoms with E-state index < -0.39 is 5.79 Å². The zero-order chi connectivity index (χ0) is 11.3. The summed E-state index contributed by atoms with van der Waals surface area (Å²) in [6, 6.07) is 0. The van der Waals surface area contributed by atoms with Gasteiger partial charge in [0.05, 0.1) is 12.2 Å². The van der Waals surface area contributed by atoms with Gasteiger partial charge in [-0.2, -0.15) is 0 Å². The Morgan fingerprint density at radius 3 is 2.25 bits per heavy atom. The molecule has 6 fully saturated rings. The van der Waals surface area contributed by atoms with E-state index >= 15 is 0 Å². The van der Waals surface area contributed by atoms with Crippen molar-refractivity contribution >= 4 is 16.9 Å². The van der Waals surface area contributed by atoms with E-state index in [-0.39, 0.29) is 22.1 Å². The normalized spacial score (nSPS) is 58.8. The third-order valence-electron chi connectivity index (χ3n) is 4.81. The summed E-state index contributed by atoms with van der Waals surface area (Å²) in [4.78, 5) is 11.3. The molecule has 5 saturated carbocycles. The lowest BCUT2D eigenvalue weighted by Gasteiger charge is -2.68. The Hall–Kier alpha value is -0.0600. The van der Waals surface area contributed by atoms with Crippen LogP contribution in [0.25, 0.3) is 0 Å². The van der Waals surface area contributed by atoms with Gasteiger partial charge in [-0.1, -0.05) is 11.8 Å². The fraction of sp³-hybridized carbons (Fsp3) is 0.917. The number of carbonyl (C=O) groups is 1. The number of rotatable bonds is 1. The van der Waals surface area contributed by atoms with E-state index in [1.54, 1.807) is 18.7 Å². The van der Waals surface area contributed by atoms with E-state index in [0.717, 1.165) is 5.92 Å². The van der Waals surface area contributed by atoms with E-state index in [1.165, 1.54) is 6.42 Å². The van der Waals surface area contributed by atoms with Crippen LogP contribution in [-0.2, 0) is 14.3 Å². The highest BCUT2D eigenvalue weighted by Crippen LogP contribution is 2.81. The minimum atomic E-state index is -0.415. The SMILES string of the molecule is CC(=O)SC12CC3[C@@H]1[C@@H]1OC(C)(C)O[C@@H]1[C@H]32. The van der Waals surface area contributed by atoms with Crippen LogP contribution in [0.4, 0.5) is 0 Å². The number of hydrogen-bond donors (Lipinski definition) is 0. The third kappa shape index (κ3) is 0.865. The van der Waals surface area contributed by atoms with E-state index in [4.69, 9.17) is 9.47 Å². The van der Waals surface area contributed by atoms with Gasteiger partial charge in [0.1, 0.15) is 0 Å². The molecular weight excluding hydrogens is 224 g/mol. The second kappa shape index (κ2) is 2.52. The second-order valence-corrected chi connectivity index (χ2v) is 7.57. The molecule has 4 bridgehead atoms. The lowest BCUT2D eigenvalue weighted by Crippen LogP contribution is -2.71. The van der Waals surface area contributed by atoms with Crippen molar-refractivity contribution in [3.63, 3.8) is 0 Å². The quantitative estimate of drug-likeness (QED) is 0.700. The number of thioether (sulfide) groups is 1. The molecule has 4 heteroatoms. The molecule has 1 heterocycles. The molecule has 0 aromatic carbocycles. The van der Waals surface area contributed by atoms with Gasteiger partial charge in [0.2, 0.25) is 0 Å². The van der Waals surface area contributed by atoms with Gasteiger partial charge in [0, 0.05) is 23.5 Å². The van der Waals surface area contributed by atoms with Crippen LogP contribution in [-0.4, -0.2) is 27.9 Å². The molecule has 3 nitrogen and oxygen atoms in total. The van der Waals surface area contributed by atoms with Crippen LogP contribution in [0.5, 0.6) is 0 Å². The van der Waals surface area contributed by atoms with E-state index in [9.17, 15) is 4.79 Å². The smallest absolute Gasteiger partial charge is 0.186 e. The monoisotopic (exact) mass is 240 g/mol. The predicted octanol–water partition coefficient (Wildman–Crippen LogP) is 1.80. The Morgan fingerprint density at radius 1 is 1.25 bits per heavy atom. The average Bonchev–Trinajstić information content (AvgIpc) is 2.51. The molecule has 0 N–H and O–H groups in total. The maximum atomic E-state index is 11.3. The molecule has 1 aliphatic heterocycles. The van der Waals surface area contributed by atoms with Crippen LogP contribution < -0.4 is 0 Å². The fourth-order valence-corrected chi connectivity index (χ4v) is 6.19. The highest BCUT2D eigenvalue weighted by Gasteiger charge is 2.86. The maximum absolute atomic E-state index is 11.3. The van der Waals surface area contributed by atoms with Crippen molar-refractivity contribution in [1.29, 1.82) is 0 Å². The lowest BCUT2D eigenvalue weighted by atomic mass is 9.45. The number of carbonyl (C=O) groups excluding carboxylic acids is 1. The molecule has 6 atom stereocenters. The zero-order valence-corrected chi connectivity index (χ0v) is 10.5. The first-order chi connectivity index (χ1) is 7.45. The van der Waals surface area contributed by atoms with Crippen LogP contribution >= 0.6 is 11.8 Å². The maximum Gasteiger partial charge on any atom is 0.186 e. The molecule has 5 aliphatic carbocycles. The summed E-state index contributed by atoms with van der Waals surface area (Å²) in [5, 5.41) is 0.243. The Balaban J connectivity index is 1.62. The van der Waals surface area contributed by atoms with Gasteiger partial charge >= 0.3 is 0 Å². The first-order valence-electron chi connectivity index (χ1n) is 6.00. The summed E-state index contributed by atoms with van der Waals surface area (Å²) < 4.78 is 12.2. The van der Waals surface area contributed by atoms with Crippen molar-refractivity contribution < 1.29 is 14.3 Å². The van der Waals surface area contributed by atoms with Gasteiger partial charge in [0.15, 0.2) is 10.9 Å². The first-order valence-corrected chi connectivity index (χ1v) is 6.81. The molecular formula is C12H16O3S. The molecule has 0 radical (unpaired) electrons. The van der Waals surface area contributed by atoms with E-state index in [1.807, 2.05) is 13.8 Å². The van der Waals surface area contributed by atoms with E-state index in [2.05, 4.69) is 0 Å². The van der Waals surface area contributed by atoms with Gasteiger partial charge < -0.3 is 9.47 Å². The van der Waals surface area contributed by atoms with Crippen molar-refractivity contribution in [2.24, 2.45) is 17.8 Å². The van der Waals surface area contributed by atoms with Crippen LogP contribution in [0.3, 0.4) is 0 Å². The predicted molar refractivity (Wildman–Crippen MR) is 59.9 cm³/mol. The van der Waals surface area contributed by atoms with Crippen LogP contribution in [0.15, 0.2) is 0 Å². The third-order valence-corrected chi connectivity index (χ3v) is 6.19. The molecule has 88 valence electrons. The van der Waals surface area contributed by atoms with Crippen molar-refractivity contribution in [3.8, 4) is 0 Å². The van der Waals surface area contributed by atoms with Crippen LogP contribution in [0.1, 0.15) is 27.2 Å². The average molecular weight is 240 g/mol. The van der Waals surface area contributed by atoms with Gasteiger partial charge in [-0.25, -0.2) is 0 Å². The van der Waals surface area contributed by atoms with Crippen molar-refractivity contribution in [2.45, 2.75) is 49.9 Å². The van der Waals surface area contributed by atoms with Gasteiger partial charge in [-0.3, -0.25) is 4.79 Å². The van der Waals surface area contributed by atoms with Crippen molar-refractivity contribution in [1.82, 2.24) is 0 Å². The topological polar surface area (TPSA) is 35.5 Å². The largest absolute Gasteiger partial charge is 0.344 e. The molecule has 1 saturated heterocycles. The summed E-state index contributed by atoms with van der Waals surface area (Å²) >= 11 is 1.55. The Kier molecular flexibility index (Phi) is 1.56. The molecule has 2 unspecified atom stereocenters. The zero-order valence-electron chi connectivity index (χ0n) is 9.73. The number of hydrogen-bond acceptors (Lipinski definition) is 4. The minimum absolute atomic E-state index is 0.197. The summed E-state index contributed by atoms with van der Waals surface area (Å²) in [5.74, 6) is 1.52. The Morgan fingerprint density at radius 2 is 1.81 bits per heavy atom. The summed E-state index contributed by atoms with van der Waals surface area (Å²) in [6.07, 6.45) is 1.71. The highest BCUT2D eigenvalue weighted by atomic mass is 32.2.